The Labute approximate surface area is 169 Å². The van der Waals surface area contributed by atoms with E-state index in [1.165, 1.54) is 43.4 Å². The maximum absolute atomic E-state index is 12.3. The van der Waals surface area contributed by atoms with Crippen LogP contribution in [-0.4, -0.2) is 32.8 Å². The molecule has 0 aliphatic rings. The molecule has 156 valence electrons. The second kappa shape index (κ2) is 9.48. The second-order valence-electron chi connectivity index (χ2n) is 6.67. The number of sulfonamides is 1. The highest BCUT2D eigenvalue weighted by Crippen LogP contribution is 2.32. The van der Waals surface area contributed by atoms with Crippen molar-refractivity contribution in [1.29, 1.82) is 0 Å². The van der Waals surface area contributed by atoms with Crippen LogP contribution in [0.5, 0.6) is 11.5 Å². The van der Waals surface area contributed by atoms with Crippen molar-refractivity contribution < 1.29 is 22.9 Å². The SMILES string of the molecule is CNC(=O)c1ccc(Oc2ccc(S(=O)(=O)NCCC(C)C)cc2)c([N+](=O)[O-])c1. The maximum atomic E-state index is 12.3. The van der Waals surface area contributed by atoms with E-state index in [-0.39, 0.29) is 27.6 Å². The third-order valence-corrected chi connectivity index (χ3v) is 5.50. The van der Waals surface area contributed by atoms with Crippen LogP contribution >= 0.6 is 0 Å². The van der Waals surface area contributed by atoms with Crippen molar-refractivity contribution in [1.82, 2.24) is 10.0 Å². The summed E-state index contributed by atoms with van der Waals surface area (Å²) >= 11 is 0. The fraction of sp³-hybridized carbons (Fsp3) is 0.316. The van der Waals surface area contributed by atoms with Gasteiger partial charge in [0.1, 0.15) is 5.75 Å². The predicted molar refractivity (Wildman–Crippen MR) is 108 cm³/mol. The zero-order chi connectivity index (χ0) is 21.6. The summed E-state index contributed by atoms with van der Waals surface area (Å²) in [5, 5.41) is 13.7. The normalized spacial score (nSPS) is 11.3. The summed E-state index contributed by atoms with van der Waals surface area (Å²) in [7, 11) is -2.22. The average molecular weight is 421 g/mol. The van der Waals surface area contributed by atoms with E-state index in [0.29, 0.717) is 12.5 Å². The van der Waals surface area contributed by atoms with Crippen LogP contribution in [0.4, 0.5) is 5.69 Å². The van der Waals surface area contributed by atoms with E-state index in [9.17, 15) is 23.3 Å². The number of amides is 1. The van der Waals surface area contributed by atoms with Gasteiger partial charge in [-0.3, -0.25) is 14.9 Å². The van der Waals surface area contributed by atoms with Crippen molar-refractivity contribution in [3.8, 4) is 11.5 Å². The Morgan fingerprint density at radius 3 is 2.38 bits per heavy atom. The number of benzene rings is 2. The van der Waals surface area contributed by atoms with Gasteiger partial charge in [-0.25, -0.2) is 13.1 Å². The fourth-order valence-corrected chi connectivity index (χ4v) is 3.46. The lowest BCUT2D eigenvalue weighted by Gasteiger charge is -2.10. The van der Waals surface area contributed by atoms with Crippen LogP contribution in [0.15, 0.2) is 47.4 Å². The van der Waals surface area contributed by atoms with E-state index >= 15 is 0 Å². The molecule has 10 heteroatoms. The van der Waals surface area contributed by atoms with E-state index in [2.05, 4.69) is 10.0 Å². The molecule has 2 aromatic carbocycles. The third-order valence-electron chi connectivity index (χ3n) is 4.02. The monoisotopic (exact) mass is 421 g/mol. The molecule has 0 aliphatic heterocycles. The van der Waals surface area contributed by atoms with Crippen molar-refractivity contribution in [2.24, 2.45) is 5.92 Å². The Morgan fingerprint density at radius 1 is 1.17 bits per heavy atom. The highest BCUT2D eigenvalue weighted by atomic mass is 32.2. The smallest absolute Gasteiger partial charge is 0.312 e. The summed E-state index contributed by atoms with van der Waals surface area (Å²) in [4.78, 5) is 22.4. The quantitative estimate of drug-likeness (QED) is 0.473. The van der Waals surface area contributed by atoms with E-state index in [1.54, 1.807) is 0 Å². The molecule has 0 aliphatic carbocycles. The number of nitrogens with zero attached hydrogens (tertiary/aromatic N) is 1. The van der Waals surface area contributed by atoms with Crippen LogP contribution in [0, 0.1) is 16.0 Å². The standard InChI is InChI=1S/C19H23N3O6S/c1-13(2)10-11-21-29(26,27)16-7-5-15(6-8-16)28-18-9-4-14(19(23)20-3)12-17(18)22(24)25/h4-9,12-13,21H,10-11H2,1-3H3,(H,20,23). The first-order valence-electron chi connectivity index (χ1n) is 8.92. The molecule has 0 radical (unpaired) electrons. The van der Waals surface area contributed by atoms with Gasteiger partial charge in [-0.15, -0.1) is 0 Å². The lowest BCUT2D eigenvalue weighted by molar-refractivity contribution is -0.385. The minimum Gasteiger partial charge on any atom is -0.450 e. The lowest BCUT2D eigenvalue weighted by Crippen LogP contribution is -2.25. The Kier molecular flexibility index (Phi) is 7.29. The third kappa shape index (κ3) is 6.00. The van der Waals surface area contributed by atoms with Crippen molar-refractivity contribution in [3.63, 3.8) is 0 Å². The minimum atomic E-state index is -3.64. The molecular weight excluding hydrogens is 398 g/mol. The van der Waals surface area contributed by atoms with Crippen molar-refractivity contribution in [2.75, 3.05) is 13.6 Å². The molecule has 9 nitrogen and oxygen atoms in total. The molecule has 0 atom stereocenters. The van der Waals surface area contributed by atoms with Crippen LogP contribution in [0.3, 0.4) is 0 Å². The molecule has 0 unspecified atom stereocenters. The summed E-state index contributed by atoms with van der Waals surface area (Å²) in [6, 6.07) is 9.38. The number of rotatable bonds is 9. The first-order chi connectivity index (χ1) is 13.6. The van der Waals surface area contributed by atoms with Crippen molar-refractivity contribution >= 4 is 21.6 Å². The zero-order valence-electron chi connectivity index (χ0n) is 16.3. The van der Waals surface area contributed by atoms with Crippen LogP contribution in [0.2, 0.25) is 0 Å². The van der Waals surface area contributed by atoms with Gasteiger partial charge in [-0.1, -0.05) is 13.8 Å². The average Bonchev–Trinajstić information content (AvgIpc) is 2.67. The van der Waals surface area contributed by atoms with Gasteiger partial charge in [0.2, 0.25) is 15.8 Å². The summed E-state index contributed by atoms with van der Waals surface area (Å²) in [6.07, 6.45) is 0.718. The second-order valence-corrected chi connectivity index (χ2v) is 8.44. The Bertz CT molecular complexity index is 988. The zero-order valence-corrected chi connectivity index (χ0v) is 17.2. The van der Waals surface area contributed by atoms with Crippen LogP contribution in [-0.2, 0) is 10.0 Å². The molecule has 2 rings (SSSR count). The molecule has 0 saturated carbocycles. The van der Waals surface area contributed by atoms with E-state index in [0.717, 1.165) is 12.5 Å². The van der Waals surface area contributed by atoms with Gasteiger partial charge in [0.15, 0.2) is 0 Å². The van der Waals surface area contributed by atoms with Crippen molar-refractivity contribution in [2.45, 2.75) is 25.2 Å². The predicted octanol–water partition coefficient (Wildman–Crippen LogP) is 3.07. The number of hydrogen-bond acceptors (Lipinski definition) is 6. The van der Waals surface area contributed by atoms with Crippen molar-refractivity contribution in [3.05, 3.63) is 58.1 Å². The molecule has 29 heavy (non-hydrogen) atoms. The van der Waals surface area contributed by atoms with Crippen LogP contribution < -0.4 is 14.8 Å². The fourth-order valence-electron chi connectivity index (χ4n) is 2.41. The van der Waals surface area contributed by atoms with Gasteiger partial charge in [0.05, 0.1) is 9.82 Å². The molecule has 0 bridgehead atoms. The Morgan fingerprint density at radius 2 is 1.83 bits per heavy atom. The molecule has 0 spiro atoms. The first kappa shape index (κ1) is 22.3. The molecule has 1 amide bonds. The van der Waals surface area contributed by atoms with E-state index in [1.807, 2.05) is 13.8 Å². The molecule has 2 N–H and O–H groups in total. The highest BCUT2D eigenvalue weighted by molar-refractivity contribution is 7.89. The number of hydrogen-bond donors (Lipinski definition) is 2. The molecular formula is C19H23N3O6S. The van der Waals surface area contributed by atoms with Crippen LogP contribution in [0.1, 0.15) is 30.6 Å². The summed E-state index contributed by atoms with van der Waals surface area (Å²) in [5.74, 6) is 0.0773. The number of carbonyl (C=O) groups is 1. The van der Waals surface area contributed by atoms with Crippen LogP contribution in [0.25, 0.3) is 0 Å². The summed E-state index contributed by atoms with van der Waals surface area (Å²) in [6.45, 7) is 4.34. The van der Waals surface area contributed by atoms with Gasteiger partial charge in [0, 0.05) is 25.2 Å². The number of nitro benzene ring substituents is 1. The molecule has 0 aromatic heterocycles. The van der Waals surface area contributed by atoms with Gasteiger partial charge < -0.3 is 10.1 Å². The highest BCUT2D eigenvalue weighted by Gasteiger charge is 2.20. The molecule has 2 aromatic rings. The largest absolute Gasteiger partial charge is 0.450 e. The number of ether oxygens (including phenoxy) is 1. The van der Waals surface area contributed by atoms with Gasteiger partial charge in [0.25, 0.3) is 5.91 Å². The minimum absolute atomic E-state index is 0.0617. The molecule has 0 fully saturated rings. The van der Waals surface area contributed by atoms with Gasteiger partial charge in [-0.2, -0.15) is 0 Å². The number of carbonyl (C=O) groups excluding carboxylic acids is 1. The number of nitrogens with one attached hydrogen (secondary N) is 2. The van der Waals surface area contributed by atoms with Gasteiger partial charge in [-0.05, 0) is 48.7 Å². The molecule has 0 saturated heterocycles. The Balaban J connectivity index is 2.19. The van der Waals surface area contributed by atoms with Gasteiger partial charge >= 0.3 is 5.69 Å². The number of nitro groups is 1. The Hall–Kier alpha value is -2.98. The topological polar surface area (TPSA) is 128 Å². The summed E-state index contributed by atoms with van der Waals surface area (Å²) in [5.41, 5.74) is -0.251. The maximum Gasteiger partial charge on any atom is 0.312 e. The first-order valence-corrected chi connectivity index (χ1v) is 10.4. The summed E-state index contributed by atoms with van der Waals surface area (Å²) < 4.78 is 32.6. The van der Waals surface area contributed by atoms with E-state index < -0.39 is 20.9 Å². The lowest BCUT2D eigenvalue weighted by atomic mass is 10.1. The molecule has 0 heterocycles. The van der Waals surface area contributed by atoms with E-state index in [4.69, 9.17) is 4.74 Å².